The van der Waals surface area contributed by atoms with E-state index in [2.05, 4.69) is 36.0 Å². The van der Waals surface area contributed by atoms with Gasteiger partial charge in [-0.1, -0.05) is 46.8 Å². The first-order valence-electron chi connectivity index (χ1n) is 11.9. The number of carboxylic acids is 1. The summed E-state index contributed by atoms with van der Waals surface area (Å²) in [7, 11) is 0. The fraction of sp³-hybridized carbons (Fsp3) is 0.444. The van der Waals surface area contributed by atoms with Gasteiger partial charge in [0.15, 0.2) is 0 Å². The van der Waals surface area contributed by atoms with Crippen molar-refractivity contribution in [3.05, 3.63) is 76.0 Å². The molecule has 3 aromatic rings. The Hall–Kier alpha value is -3.13. The van der Waals surface area contributed by atoms with E-state index in [4.69, 9.17) is 0 Å². The molecule has 8 heteroatoms. The van der Waals surface area contributed by atoms with E-state index in [1.165, 1.54) is 11.3 Å². The standard InChI is InChI=1S/C27H32N4O3S/c1-17(2)15-27(25(33)34)16-20(21-7-6-12-29-30-21)22(23-28-13-14-35-23)31(27)24(32)18-8-10-19(11-9-18)26(3,4)5/h6-14,17,20,22H,15-16H2,1-5H3,(H,33,34)/t20-,22-,27+/m1/s1. The predicted octanol–water partition coefficient (Wildman–Crippen LogP) is 5.47. The number of likely N-dealkylation sites (tertiary alicyclic amines) is 1. The number of nitrogens with zero attached hydrogens (tertiary/aromatic N) is 4. The minimum Gasteiger partial charge on any atom is -0.479 e. The molecular formula is C27H32N4O3S. The monoisotopic (exact) mass is 492 g/mol. The molecule has 0 aliphatic carbocycles. The number of aliphatic carboxylic acids is 1. The summed E-state index contributed by atoms with van der Waals surface area (Å²) in [4.78, 5) is 33.3. The summed E-state index contributed by atoms with van der Waals surface area (Å²) in [5, 5.41) is 21.6. The molecule has 1 fully saturated rings. The topological polar surface area (TPSA) is 96.3 Å². The summed E-state index contributed by atoms with van der Waals surface area (Å²) in [6.45, 7) is 10.3. The smallest absolute Gasteiger partial charge is 0.329 e. The van der Waals surface area contributed by atoms with Crippen molar-refractivity contribution in [2.24, 2.45) is 5.92 Å². The van der Waals surface area contributed by atoms with Crippen molar-refractivity contribution in [1.29, 1.82) is 0 Å². The van der Waals surface area contributed by atoms with Crippen LogP contribution in [0.15, 0.2) is 54.2 Å². The van der Waals surface area contributed by atoms with E-state index in [1.54, 1.807) is 35.5 Å². The second kappa shape index (κ2) is 9.49. The van der Waals surface area contributed by atoms with Crippen LogP contribution in [-0.2, 0) is 10.2 Å². The Morgan fingerprint density at radius 3 is 2.40 bits per heavy atom. The molecule has 1 N–H and O–H groups in total. The van der Waals surface area contributed by atoms with Crippen molar-refractivity contribution in [1.82, 2.24) is 20.1 Å². The molecule has 0 unspecified atom stereocenters. The van der Waals surface area contributed by atoms with E-state index >= 15 is 0 Å². The molecule has 0 spiro atoms. The Morgan fingerprint density at radius 2 is 1.89 bits per heavy atom. The molecule has 1 aliphatic rings. The molecule has 3 atom stereocenters. The molecule has 3 heterocycles. The zero-order valence-corrected chi connectivity index (χ0v) is 21.6. The first-order valence-corrected chi connectivity index (χ1v) is 12.8. The predicted molar refractivity (Wildman–Crippen MR) is 135 cm³/mol. The molecule has 0 saturated carbocycles. The molecule has 7 nitrogen and oxygen atoms in total. The van der Waals surface area contributed by atoms with Gasteiger partial charge in [-0.05, 0) is 54.0 Å². The molecule has 1 saturated heterocycles. The van der Waals surface area contributed by atoms with E-state index in [-0.39, 0.29) is 29.6 Å². The Bertz CT molecular complexity index is 1170. The summed E-state index contributed by atoms with van der Waals surface area (Å²) < 4.78 is 0. The maximum Gasteiger partial charge on any atom is 0.329 e. The van der Waals surface area contributed by atoms with Crippen LogP contribution < -0.4 is 0 Å². The third kappa shape index (κ3) is 4.72. The molecule has 2 aromatic heterocycles. The number of hydrogen-bond donors (Lipinski definition) is 1. The van der Waals surface area contributed by atoms with Gasteiger partial charge in [0.2, 0.25) is 0 Å². The molecule has 184 valence electrons. The van der Waals surface area contributed by atoms with Crippen molar-refractivity contribution < 1.29 is 14.7 Å². The second-order valence-electron chi connectivity index (χ2n) is 10.7. The molecule has 0 radical (unpaired) electrons. The lowest BCUT2D eigenvalue weighted by Gasteiger charge is -2.38. The zero-order valence-electron chi connectivity index (χ0n) is 20.8. The Balaban J connectivity index is 1.89. The molecule has 4 rings (SSSR count). The first kappa shape index (κ1) is 25.0. The maximum absolute atomic E-state index is 14.2. The van der Waals surface area contributed by atoms with Gasteiger partial charge in [-0.15, -0.1) is 11.3 Å². The highest BCUT2D eigenvalue weighted by Gasteiger charge is 2.60. The summed E-state index contributed by atoms with van der Waals surface area (Å²) in [6.07, 6.45) is 3.86. The highest BCUT2D eigenvalue weighted by atomic mass is 32.1. The van der Waals surface area contributed by atoms with Gasteiger partial charge in [0.1, 0.15) is 10.5 Å². The highest BCUT2D eigenvalue weighted by Crippen LogP contribution is 2.54. The van der Waals surface area contributed by atoms with Crippen molar-refractivity contribution in [3.63, 3.8) is 0 Å². The van der Waals surface area contributed by atoms with Gasteiger partial charge < -0.3 is 10.0 Å². The number of hydrogen-bond acceptors (Lipinski definition) is 6. The molecule has 0 bridgehead atoms. The van der Waals surface area contributed by atoms with Crippen LogP contribution in [0, 0.1) is 5.92 Å². The van der Waals surface area contributed by atoms with Gasteiger partial charge in [-0.3, -0.25) is 4.79 Å². The molecular weight excluding hydrogens is 460 g/mol. The molecule has 1 aliphatic heterocycles. The lowest BCUT2D eigenvalue weighted by atomic mass is 9.82. The fourth-order valence-electron chi connectivity index (χ4n) is 5.17. The largest absolute Gasteiger partial charge is 0.479 e. The number of amides is 1. The number of rotatable bonds is 6. The molecule has 1 amide bonds. The SMILES string of the molecule is CC(C)C[C@@]1(C(=O)O)C[C@H](c2cccnn2)[C@H](c2nccs2)N1C(=O)c1ccc(C(C)(C)C)cc1. The number of benzene rings is 1. The lowest BCUT2D eigenvalue weighted by Crippen LogP contribution is -2.54. The van der Waals surface area contributed by atoms with E-state index in [0.29, 0.717) is 22.7 Å². The number of carbonyl (C=O) groups is 2. The normalized spacial score (nSPS) is 22.5. The number of carbonyl (C=O) groups excluding carboxylic acids is 1. The van der Waals surface area contributed by atoms with Crippen LogP contribution in [0.5, 0.6) is 0 Å². The summed E-state index contributed by atoms with van der Waals surface area (Å²) in [5.74, 6) is -1.59. The van der Waals surface area contributed by atoms with Gasteiger partial charge in [-0.25, -0.2) is 9.78 Å². The van der Waals surface area contributed by atoms with Gasteiger partial charge in [0.05, 0.1) is 11.7 Å². The van der Waals surface area contributed by atoms with Crippen LogP contribution in [0.3, 0.4) is 0 Å². The minimum atomic E-state index is -1.40. The minimum absolute atomic E-state index is 0.0574. The third-order valence-electron chi connectivity index (χ3n) is 6.72. The summed E-state index contributed by atoms with van der Waals surface area (Å²) >= 11 is 1.43. The van der Waals surface area contributed by atoms with Crippen LogP contribution in [0.2, 0.25) is 0 Å². The lowest BCUT2D eigenvalue weighted by molar-refractivity contribution is -0.150. The summed E-state index contributed by atoms with van der Waals surface area (Å²) in [6, 6.07) is 10.6. The first-order chi connectivity index (χ1) is 16.5. The van der Waals surface area contributed by atoms with Crippen LogP contribution in [-0.4, -0.2) is 42.6 Å². The van der Waals surface area contributed by atoms with E-state index in [1.807, 2.05) is 37.4 Å². The van der Waals surface area contributed by atoms with Crippen molar-refractivity contribution in [2.75, 3.05) is 0 Å². The van der Waals surface area contributed by atoms with Crippen LogP contribution >= 0.6 is 11.3 Å². The average molecular weight is 493 g/mol. The second-order valence-corrected chi connectivity index (χ2v) is 11.6. The maximum atomic E-state index is 14.2. The van der Waals surface area contributed by atoms with Gasteiger partial charge >= 0.3 is 5.97 Å². The zero-order chi connectivity index (χ0) is 25.4. The van der Waals surface area contributed by atoms with Crippen LogP contribution in [0.4, 0.5) is 0 Å². The Morgan fingerprint density at radius 1 is 1.17 bits per heavy atom. The third-order valence-corrected chi connectivity index (χ3v) is 7.56. The van der Waals surface area contributed by atoms with E-state index in [0.717, 1.165) is 5.56 Å². The Labute approximate surface area is 210 Å². The fourth-order valence-corrected chi connectivity index (χ4v) is 5.96. The number of carboxylic acid groups (broad SMARTS) is 1. The molecule has 1 aromatic carbocycles. The van der Waals surface area contributed by atoms with Crippen LogP contribution in [0.1, 0.15) is 86.0 Å². The number of thiazole rings is 1. The quantitative estimate of drug-likeness (QED) is 0.490. The Kier molecular flexibility index (Phi) is 6.77. The van der Waals surface area contributed by atoms with Gasteiger partial charge in [0, 0.05) is 29.3 Å². The van der Waals surface area contributed by atoms with Gasteiger partial charge in [-0.2, -0.15) is 10.2 Å². The van der Waals surface area contributed by atoms with E-state index in [9.17, 15) is 14.7 Å². The van der Waals surface area contributed by atoms with E-state index < -0.39 is 17.6 Å². The van der Waals surface area contributed by atoms with Crippen molar-refractivity contribution in [2.45, 2.75) is 70.4 Å². The average Bonchev–Trinajstić information content (AvgIpc) is 3.45. The molecule has 35 heavy (non-hydrogen) atoms. The van der Waals surface area contributed by atoms with Crippen molar-refractivity contribution >= 4 is 23.2 Å². The van der Waals surface area contributed by atoms with Crippen molar-refractivity contribution in [3.8, 4) is 0 Å². The summed E-state index contributed by atoms with van der Waals surface area (Å²) in [5.41, 5.74) is 0.787. The highest BCUT2D eigenvalue weighted by molar-refractivity contribution is 7.09. The van der Waals surface area contributed by atoms with Gasteiger partial charge in [0.25, 0.3) is 5.91 Å². The number of aromatic nitrogens is 3. The van der Waals surface area contributed by atoms with Crippen LogP contribution in [0.25, 0.3) is 0 Å².